The van der Waals surface area contributed by atoms with E-state index in [0.717, 1.165) is 0 Å². The van der Waals surface area contributed by atoms with E-state index in [1.54, 1.807) is 0 Å². The van der Waals surface area contributed by atoms with E-state index < -0.39 is 0 Å². The van der Waals surface area contributed by atoms with E-state index in [9.17, 15) is 9.59 Å². The monoisotopic (exact) mass is 282 g/mol. The average Bonchev–Trinajstić information content (AvgIpc) is 2.27. The van der Waals surface area contributed by atoms with Crippen LogP contribution in [0.1, 0.15) is 55.4 Å². The Bertz CT molecular complexity index is 352. The summed E-state index contributed by atoms with van der Waals surface area (Å²) >= 11 is 0. The molecular formula is C16H30N2O2. The molecule has 4 nitrogen and oxygen atoms in total. The molecule has 0 aromatic carbocycles. The van der Waals surface area contributed by atoms with E-state index in [1.807, 2.05) is 65.2 Å². The van der Waals surface area contributed by atoms with Crippen LogP contribution in [-0.2, 0) is 9.59 Å². The Balaban J connectivity index is 2.87. The molecule has 0 bridgehead atoms. The molecular weight excluding hydrogens is 252 g/mol. The van der Waals surface area contributed by atoms with Crippen molar-refractivity contribution in [2.45, 2.75) is 67.5 Å². The van der Waals surface area contributed by atoms with Crippen LogP contribution in [-0.4, -0.2) is 46.8 Å². The van der Waals surface area contributed by atoms with Crippen LogP contribution >= 0.6 is 0 Å². The SMILES string of the molecule is C[C@@H]1CN(C(=O)C(C)(C)C)[C@@H](C)CN1C(=O)C(C)(C)C. The molecule has 116 valence electrons. The predicted octanol–water partition coefficient (Wildman–Crippen LogP) is 2.53. The lowest BCUT2D eigenvalue weighted by Gasteiger charge is -2.47. The minimum atomic E-state index is -0.371. The first-order valence-corrected chi connectivity index (χ1v) is 7.48. The fourth-order valence-corrected chi connectivity index (χ4v) is 2.55. The van der Waals surface area contributed by atoms with Gasteiger partial charge in [0, 0.05) is 36.0 Å². The highest BCUT2D eigenvalue weighted by molar-refractivity contribution is 5.84. The first kappa shape index (κ1) is 17.0. The summed E-state index contributed by atoms with van der Waals surface area (Å²) in [6.07, 6.45) is 0. The number of hydrogen-bond donors (Lipinski definition) is 0. The summed E-state index contributed by atoms with van der Waals surface area (Å²) in [5.74, 6) is 0.333. The number of hydrogen-bond acceptors (Lipinski definition) is 2. The summed E-state index contributed by atoms with van der Waals surface area (Å²) in [6, 6.07) is 0.147. The lowest BCUT2D eigenvalue weighted by molar-refractivity contribution is -0.154. The Kier molecular flexibility index (Phi) is 4.57. The molecule has 1 saturated heterocycles. The Morgan fingerprint density at radius 2 is 1.00 bits per heavy atom. The van der Waals surface area contributed by atoms with Crippen LogP contribution in [0, 0.1) is 10.8 Å². The van der Waals surface area contributed by atoms with Gasteiger partial charge in [-0.3, -0.25) is 9.59 Å². The maximum Gasteiger partial charge on any atom is 0.228 e. The zero-order chi connectivity index (χ0) is 15.9. The minimum absolute atomic E-state index is 0.0734. The smallest absolute Gasteiger partial charge is 0.228 e. The molecule has 1 aliphatic rings. The fraction of sp³-hybridized carbons (Fsp3) is 0.875. The second-order valence-electron chi connectivity index (χ2n) is 8.11. The van der Waals surface area contributed by atoms with Crippen molar-refractivity contribution in [1.82, 2.24) is 9.80 Å². The molecule has 1 aliphatic heterocycles. The predicted molar refractivity (Wildman–Crippen MR) is 81.3 cm³/mol. The van der Waals surface area contributed by atoms with Gasteiger partial charge in [0.2, 0.25) is 11.8 Å². The third kappa shape index (κ3) is 3.53. The number of nitrogens with zero attached hydrogens (tertiary/aromatic N) is 2. The van der Waals surface area contributed by atoms with Crippen LogP contribution in [0.15, 0.2) is 0 Å². The Morgan fingerprint density at radius 3 is 1.20 bits per heavy atom. The van der Waals surface area contributed by atoms with Crippen molar-refractivity contribution in [2.24, 2.45) is 10.8 Å². The van der Waals surface area contributed by atoms with Gasteiger partial charge in [0.1, 0.15) is 0 Å². The summed E-state index contributed by atoms with van der Waals surface area (Å²) in [4.78, 5) is 28.8. The lowest BCUT2D eigenvalue weighted by Crippen LogP contribution is -2.62. The fourth-order valence-electron chi connectivity index (χ4n) is 2.55. The van der Waals surface area contributed by atoms with Crippen molar-refractivity contribution < 1.29 is 9.59 Å². The van der Waals surface area contributed by atoms with E-state index in [2.05, 4.69) is 0 Å². The topological polar surface area (TPSA) is 40.6 Å². The zero-order valence-corrected chi connectivity index (χ0v) is 14.3. The molecule has 0 aliphatic carbocycles. The van der Waals surface area contributed by atoms with Gasteiger partial charge in [-0.25, -0.2) is 0 Å². The first-order chi connectivity index (χ1) is 8.85. The molecule has 0 spiro atoms. The molecule has 4 heteroatoms. The van der Waals surface area contributed by atoms with Crippen LogP contribution in [0.4, 0.5) is 0 Å². The van der Waals surface area contributed by atoms with Gasteiger partial charge in [0.25, 0.3) is 0 Å². The Labute approximate surface area is 123 Å². The average molecular weight is 282 g/mol. The van der Waals surface area contributed by atoms with Crippen molar-refractivity contribution in [1.29, 1.82) is 0 Å². The zero-order valence-electron chi connectivity index (χ0n) is 14.3. The highest BCUT2D eigenvalue weighted by Crippen LogP contribution is 2.26. The van der Waals surface area contributed by atoms with Crippen LogP contribution in [0.25, 0.3) is 0 Å². The largest absolute Gasteiger partial charge is 0.336 e. The van der Waals surface area contributed by atoms with E-state index in [-0.39, 0.29) is 34.7 Å². The van der Waals surface area contributed by atoms with E-state index >= 15 is 0 Å². The van der Waals surface area contributed by atoms with Crippen molar-refractivity contribution >= 4 is 11.8 Å². The van der Waals surface area contributed by atoms with E-state index in [4.69, 9.17) is 0 Å². The van der Waals surface area contributed by atoms with Crippen LogP contribution in [0.3, 0.4) is 0 Å². The second kappa shape index (κ2) is 5.38. The van der Waals surface area contributed by atoms with Gasteiger partial charge in [-0.2, -0.15) is 0 Å². The quantitative estimate of drug-likeness (QED) is 0.685. The van der Waals surface area contributed by atoms with Gasteiger partial charge in [0.15, 0.2) is 0 Å². The highest BCUT2D eigenvalue weighted by Gasteiger charge is 2.40. The molecule has 0 aromatic rings. The molecule has 0 aromatic heterocycles. The molecule has 0 saturated carbocycles. The third-order valence-corrected chi connectivity index (χ3v) is 3.79. The Hall–Kier alpha value is -1.06. The van der Waals surface area contributed by atoms with Crippen molar-refractivity contribution in [2.75, 3.05) is 13.1 Å². The molecule has 1 rings (SSSR count). The van der Waals surface area contributed by atoms with Crippen molar-refractivity contribution in [3.8, 4) is 0 Å². The van der Waals surface area contributed by atoms with Crippen molar-refractivity contribution in [3.05, 3.63) is 0 Å². The van der Waals surface area contributed by atoms with Crippen molar-refractivity contribution in [3.63, 3.8) is 0 Å². The molecule has 1 heterocycles. The van der Waals surface area contributed by atoms with Crippen LogP contribution in [0.5, 0.6) is 0 Å². The standard InChI is InChI=1S/C16H30N2O2/c1-11-9-18(14(20)16(6,7)8)12(2)10-17(11)13(19)15(3,4)5/h11-12H,9-10H2,1-8H3/t11-,12+. The first-order valence-electron chi connectivity index (χ1n) is 7.48. The van der Waals surface area contributed by atoms with Crippen LogP contribution in [0.2, 0.25) is 0 Å². The number of rotatable bonds is 0. The lowest BCUT2D eigenvalue weighted by atomic mass is 9.90. The molecule has 1 fully saturated rings. The summed E-state index contributed by atoms with van der Waals surface area (Å²) in [5, 5.41) is 0. The van der Waals surface area contributed by atoms with Gasteiger partial charge in [0.05, 0.1) is 0 Å². The molecule has 0 radical (unpaired) electrons. The maximum atomic E-state index is 12.5. The second-order valence-corrected chi connectivity index (χ2v) is 8.11. The minimum Gasteiger partial charge on any atom is -0.336 e. The summed E-state index contributed by atoms with van der Waals surface area (Å²) < 4.78 is 0. The summed E-state index contributed by atoms with van der Waals surface area (Å²) in [5.41, 5.74) is -0.742. The summed E-state index contributed by atoms with van der Waals surface area (Å²) in [6.45, 7) is 17.0. The van der Waals surface area contributed by atoms with Gasteiger partial charge in [-0.1, -0.05) is 41.5 Å². The number of amides is 2. The van der Waals surface area contributed by atoms with Crippen LogP contribution < -0.4 is 0 Å². The van der Waals surface area contributed by atoms with E-state index in [0.29, 0.717) is 13.1 Å². The summed E-state index contributed by atoms with van der Waals surface area (Å²) in [7, 11) is 0. The maximum absolute atomic E-state index is 12.5. The third-order valence-electron chi connectivity index (χ3n) is 3.79. The normalized spacial score (nSPS) is 24.8. The van der Waals surface area contributed by atoms with E-state index in [1.165, 1.54) is 0 Å². The molecule has 0 N–H and O–H groups in total. The molecule has 0 unspecified atom stereocenters. The van der Waals surface area contributed by atoms with Gasteiger partial charge >= 0.3 is 0 Å². The number of piperazine rings is 1. The van der Waals surface area contributed by atoms with Gasteiger partial charge in [-0.05, 0) is 13.8 Å². The van der Waals surface area contributed by atoms with Gasteiger partial charge in [-0.15, -0.1) is 0 Å². The molecule has 2 amide bonds. The molecule has 20 heavy (non-hydrogen) atoms. The molecule has 2 atom stereocenters. The number of carbonyl (C=O) groups excluding carboxylic acids is 2. The number of carbonyl (C=O) groups is 2. The Morgan fingerprint density at radius 1 is 0.750 bits per heavy atom. The van der Waals surface area contributed by atoms with Gasteiger partial charge < -0.3 is 9.80 Å². The highest BCUT2D eigenvalue weighted by atomic mass is 16.2.